The third kappa shape index (κ3) is 3.79. The molecular weight excluding hydrogens is 296 g/mol. The van der Waals surface area contributed by atoms with E-state index in [1.54, 1.807) is 19.4 Å². The van der Waals surface area contributed by atoms with E-state index in [2.05, 4.69) is 9.88 Å². The monoisotopic (exact) mass is 320 g/mol. The Labute approximate surface area is 135 Å². The highest BCUT2D eigenvalue weighted by Crippen LogP contribution is 2.27. The minimum absolute atomic E-state index is 0.00518. The van der Waals surface area contributed by atoms with Crippen LogP contribution in [0.4, 0.5) is 0 Å². The second-order valence-electron chi connectivity index (χ2n) is 6.41. The number of fused-ring (bicyclic) bond motifs is 4. The van der Waals surface area contributed by atoms with Crippen LogP contribution in [0.3, 0.4) is 0 Å². The molecule has 0 spiro atoms. The molecular formula is C16H24N4O3. The highest BCUT2D eigenvalue weighted by atomic mass is 16.5. The van der Waals surface area contributed by atoms with E-state index in [0.29, 0.717) is 12.0 Å². The molecule has 3 fully saturated rings. The first-order chi connectivity index (χ1) is 11.2. The van der Waals surface area contributed by atoms with Crippen molar-refractivity contribution in [2.24, 2.45) is 5.92 Å². The van der Waals surface area contributed by atoms with Gasteiger partial charge in [-0.25, -0.2) is 9.78 Å². The summed E-state index contributed by atoms with van der Waals surface area (Å²) in [6.07, 6.45) is 5.36. The fourth-order valence-electron chi connectivity index (χ4n) is 3.62. The van der Waals surface area contributed by atoms with Crippen LogP contribution in [-0.2, 0) is 16.1 Å². The van der Waals surface area contributed by atoms with E-state index in [1.165, 1.54) is 17.2 Å². The molecule has 1 amide bonds. The Morgan fingerprint density at radius 3 is 3.00 bits per heavy atom. The van der Waals surface area contributed by atoms with Crippen molar-refractivity contribution in [2.45, 2.75) is 25.4 Å². The van der Waals surface area contributed by atoms with Crippen LogP contribution in [0.2, 0.25) is 0 Å². The van der Waals surface area contributed by atoms with Gasteiger partial charge >= 0.3 is 5.69 Å². The van der Waals surface area contributed by atoms with E-state index in [9.17, 15) is 9.59 Å². The Morgan fingerprint density at radius 2 is 2.22 bits per heavy atom. The van der Waals surface area contributed by atoms with Gasteiger partial charge in [0.1, 0.15) is 6.54 Å². The average molecular weight is 320 g/mol. The van der Waals surface area contributed by atoms with Crippen LogP contribution in [0.5, 0.6) is 0 Å². The summed E-state index contributed by atoms with van der Waals surface area (Å²) in [5.41, 5.74) is -0.375. The maximum Gasteiger partial charge on any atom is 0.347 e. The van der Waals surface area contributed by atoms with Crippen molar-refractivity contribution in [1.82, 2.24) is 19.4 Å². The van der Waals surface area contributed by atoms with Crippen LogP contribution in [0, 0.1) is 5.92 Å². The zero-order chi connectivity index (χ0) is 16.2. The van der Waals surface area contributed by atoms with E-state index in [0.717, 1.165) is 39.2 Å². The molecule has 1 aromatic rings. The van der Waals surface area contributed by atoms with Crippen molar-refractivity contribution in [1.29, 1.82) is 0 Å². The van der Waals surface area contributed by atoms with E-state index < -0.39 is 0 Å². The van der Waals surface area contributed by atoms with Gasteiger partial charge in [0.2, 0.25) is 5.91 Å². The molecule has 0 saturated carbocycles. The van der Waals surface area contributed by atoms with Gasteiger partial charge in [0.25, 0.3) is 0 Å². The summed E-state index contributed by atoms with van der Waals surface area (Å²) >= 11 is 0. The molecule has 3 saturated heterocycles. The maximum atomic E-state index is 12.6. The number of rotatable bonds is 5. The minimum Gasteiger partial charge on any atom is -0.383 e. The molecule has 4 heterocycles. The van der Waals surface area contributed by atoms with Crippen molar-refractivity contribution in [3.8, 4) is 0 Å². The molecule has 23 heavy (non-hydrogen) atoms. The van der Waals surface area contributed by atoms with Gasteiger partial charge in [0.15, 0.2) is 0 Å². The van der Waals surface area contributed by atoms with Crippen molar-refractivity contribution < 1.29 is 9.53 Å². The van der Waals surface area contributed by atoms with Gasteiger partial charge in [-0.15, -0.1) is 0 Å². The molecule has 3 aliphatic rings. The van der Waals surface area contributed by atoms with Crippen molar-refractivity contribution in [3.05, 3.63) is 28.9 Å². The second kappa shape index (κ2) is 7.23. The molecule has 0 aliphatic carbocycles. The number of amides is 1. The zero-order valence-corrected chi connectivity index (χ0v) is 13.6. The number of hydrogen-bond donors (Lipinski definition) is 0. The summed E-state index contributed by atoms with van der Waals surface area (Å²) in [5, 5.41) is 0. The molecule has 0 radical (unpaired) electrons. The number of carbonyl (C=O) groups is 1. The molecule has 0 aromatic carbocycles. The van der Waals surface area contributed by atoms with E-state index in [1.807, 2.05) is 4.90 Å². The van der Waals surface area contributed by atoms with Gasteiger partial charge in [-0.2, -0.15) is 0 Å². The average Bonchev–Trinajstić information content (AvgIpc) is 2.87. The lowest BCUT2D eigenvalue weighted by atomic mass is 9.95. The van der Waals surface area contributed by atoms with Gasteiger partial charge in [0.05, 0.1) is 6.61 Å². The van der Waals surface area contributed by atoms with Gasteiger partial charge in [0, 0.05) is 51.7 Å². The normalized spacial score (nSPS) is 24.7. The lowest BCUT2D eigenvalue weighted by Crippen LogP contribution is -2.46. The zero-order valence-electron chi connectivity index (χ0n) is 13.6. The molecule has 0 unspecified atom stereocenters. The molecule has 0 N–H and O–H groups in total. The number of ether oxygens (including phenoxy) is 1. The fraction of sp³-hybridized carbons (Fsp3) is 0.688. The lowest BCUT2D eigenvalue weighted by Gasteiger charge is -2.35. The number of aromatic nitrogens is 2. The Bertz CT molecular complexity index is 603. The van der Waals surface area contributed by atoms with Crippen LogP contribution in [0.25, 0.3) is 0 Å². The molecule has 3 aliphatic heterocycles. The summed E-state index contributed by atoms with van der Waals surface area (Å²) in [6, 6.07) is 2.08. The van der Waals surface area contributed by atoms with Gasteiger partial charge in [-0.05, 0) is 24.8 Å². The third-order valence-electron chi connectivity index (χ3n) is 4.85. The largest absolute Gasteiger partial charge is 0.383 e. The Kier molecular flexibility index (Phi) is 5.07. The molecule has 2 bridgehead atoms. The van der Waals surface area contributed by atoms with Crippen molar-refractivity contribution in [2.75, 3.05) is 39.9 Å². The molecule has 7 heteroatoms. The van der Waals surface area contributed by atoms with Gasteiger partial charge < -0.3 is 9.64 Å². The predicted octanol–water partition coefficient (Wildman–Crippen LogP) is -0.187. The lowest BCUT2D eigenvalue weighted by molar-refractivity contribution is -0.132. The molecule has 126 valence electrons. The Hall–Kier alpha value is -1.73. The van der Waals surface area contributed by atoms with Crippen molar-refractivity contribution >= 4 is 5.91 Å². The molecule has 2 atom stereocenters. The summed E-state index contributed by atoms with van der Waals surface area (Å²) in [6.45, 7) is 4.28. The first kappa shape index (κ1) is 16.1. The number of carbonyl (C=O) groups excluding carboxylic acids is 1. The SMILES string of the molecule is COCCN1C[C@H]2CC[C@@H]1CN(C(=O)Cn1cccnc1=O)C2. The van der Waals surface area contributed by atoms with Crippen LogP contribution >= 0.6 is 0 Å². The predicted molar refractivity (Wildman–Crippen MR) is 85.0 cm³/mol. The van der Waals surface area contributed by atoms with Gasteiger partial charge in [-0.3, -0.25) is 14.3 Å². The summed E-state index contributed by atoms with van der Waals surface area (Å²) in [7, 11) is 1.72. The second-order valence-corrected chi connectivity index (χ2v) is 6.41. The number of methoxy groups -OCH3 is 1. The van der Waals surface area contributed by atoms with Crippen LogP contribution in [-0.4, -0.2) is 71.2 Å². The summed E-state index contributed by atoms with van der Waals surface area (Å²) in [5.74, 6) is 0.519. The third-order valence-corrected chi connectivity index (χ3v) is 4.85. The number of hydrogen-bond acceptors (Lipinski definition) is 5. The van der Waals surface area contributed by atoms with E-state index in [-0.39, 0.29) is 18.1 Å². The van der Waals surface area contributed by atoms with Crippen LogP contribution in [0.1, 0.15) is 12.8 Å². The first-order valence-corrected chi connectivity index (χ1v) is 8.19. The summed E-state index contributed by atoms with van der Waals surface area (Å²) < 4.78 is 6.57. The van der Waals surface area contributed by atoms with Crippen LogP contribution < -0.4 is 5.69 Å². The van der Waals surface area contributed by atoms with Gasteiger partial charge in [-0.1, -0.05) is 0 Å². The smallest absolute Gasteiger partial charge is 0.347 e. The van der Waals surface area contributed by atoms with E-state index >= 15 is 0 Å². The number of nitrogens with zero attached hydrogens (tertiary/aromatic N) is 4. The molecule has 1 aromatic heterocycles. The highest BCUT2D eigenvalue weighted by molar-refractivity contribution is 5.76. The van der Waals surface area contributed by atoms with Crippen LogP contribution in [0.15, 0.2) is 23.3 Å². The number of piperidine rings is 1. The van der Waals surface area contributed by atoms with Crippen molar-refractivity contribution in [3.63, 3.8) is 0 Å². The standard InChI is InChI=1S/C16H24N4O3/c1-23-8-7-18-9-13-3-4-14(18)11-20(10-13)15(21)12-19-6-2-5-17-16(19)22/h2,5-6,13-14H,3-4,7-12H2,1H3/t13-,14-/m1/s1. The van der Waals surface area contributed by atoms with E-state index in [4.69, 9.17) is 4.74 Å². The first-order valence-electron chi connectivity index (χ1n) is 8.19. The Morgan fingerprint density at radius 1 is 1.35 bits per heavy atom. The highest BCUT2D eigenvalue weighted by Gasteiger charge is 2.36. The maximum absolute atomic E-state index is 12.6. The minimum atomic E-state index is -0.375. The Balaban J connectivity index is 1.66. The quantitative estimate of drug-likeness (QED) is 0.752. The summed E-state index contributed by atoms with van der Waals surface area (Å²) in [4.78, 5) is 32.4. The molecule has 7 nitrogen and oxygen atoms in total. The topological polar surface area (TPSA) is 67.7 Å². The fourth-order valence-corrected chi connectivity index (χ4v) is 3.62. The molecule has 4 rings (SSSR count).